The van der Waals surface area contributed by atoms with Crippen LogP contribution in [0, 0.1) is 5.41 Å². The molecule has 0 aliphatic carbocycles. The molecule has 0 saturated carbocycles. The van der Waals surface area contributed by atoms with Gasteiger partial charge in [0.15, 0.2) is 5.79 Å². The SMILES string of the molecule is CCC1(CC)OC(CC)(CC)C(CC)(CC)C(CC)(CC)O1. The number of hydrogen-bond acceptors (Lipinski definition) is 2. The molecule has 0 atom stereocenters. The van der Waals surface area contributed by atoms with Crippen LogP contribution in [0.1, 0.15) is 107 Å². The van der Waals surface area contributed by atoms with Crippen molar-refractivity contribution in [3.63, 3.8) is 0 Å². The van der Waals surface area contributed by atoms with Crippen LogP contribution >= 0.6 is 0 Å². The summed E-state index contributed by atoms with van der Waals surface area (Å²) < 4.78 is 13.8. The van der Waals surface area contributed by atoms with E-state index in [1.807, 2.05) is 0 Å². The number of hydrogen-bond donors (Lipinski definition) is 0. The zero-order valence-corrected chi connectivity index (χ0v) is 16.5. The molecule has 0 aromatic heterocycles. The summed E-state index contributed by atoms with van der Waals surface area (Å²) in [5.41, 5.74) is -0.0551. The highest BCUT2D eigenvalue weighted by atomic mass is 16.7. The molecule has 2 heteroatoms. The standard InChI is InChI=1S/C20H40O2/c1-9-17(10-2)18(11-3,12-4)21-20(15-7,16-8)22-19(17,13-5)14-6/h9-16H2,1-8H3. The van der Waals surface area contributed by atoms with E-state index >= 15 is 0 Å². The normalized spacial score (nSPS) is 25.1. The van der Waals surface area contributed by atoms with Gasteiger partial charge in [0.1, 0.15) is 0 Å². The molecule has 1 heterocycles. The van der Waals surface area contributed by atoms with Crippen LogP contribution in [-0.2, 0) is 9.47 Å². The van der Waals surface area contributed by atoms with E-state index < -0.39 is 5.79 Å². The maximum absolute atomic E-state index is 6.89. The lowest BCUT2D eigenvalue weighted by Gasteiger charge is -2.67. The fraction of sp³-hybridized carbons (Fsp3) is 1.00. The van der Waals surface area contributed by atoms with E-state index in [2.05, 4.69) is 55.4 Å². The Kier molecular flexibility index (Phi) is 6.55. The molecule has 1 aliphatic heterocycles. The molecule has 0 spiro atoms. The third-order valence-corrected chi connectivity index (χ3v) is 7.08. The molecule has 0 radical (unpaired) electrons. The van der Waals surface area contributed by atoms with E-state index in [4.69, 9.17) is 9.47 Å². The summed E-state index contributed by atoms with van der Waals surface area (Å²) in [6.45, 7) is 18.3. The maximum Gasteiger partial charge on any atom is 0.169 e. The summed E-state index contributed by atoms with van der Waals surface area (Å²) in [6, 6.07) is 0. The first kappa shape index (κ1) is 20.0. The van der Waals surface area contributed by atoms with E-state index in [9.17, 15) is 0 Å². The van der Waals surface area contributed by atoms with Crippen molar-refractivity contribution in [2.24, 2.45) is 5.41 Å². The summed E-state index contributed by atoms with van der Waals surface area (Å²) in [7, 11) is 0. The predicted molar refractivity (Wildman–Crippen MR) is 95.1 cm³/mol. The second-order valence-electron chi connectivity index (χ2n) is 7.01. The summed E-state index contributed by atoms with van der Waals surface area (Å²) in [4.78, 5) is 0. The Hall–Kier alpha value is -0.0800. The van der Waals surface area contributed by atoms with Gasteiger partial charge in [-0.1, -0.05) is 55.4 Å². The van der Waals surface area contributed by atoms with Crippen LogP contribution in [0.3, 0.4) is 0 Å². The van der Waals surface area contributed by atoms with Gasteiger partial charge in [-0.25, -0.2) is 0 Å². The van der Waals surface area contributed by atoms with E-state index in [1.165, 1.54) is 0 Å². The van der Waals surface area contributed by atoms with Crippen LogP contribution in [-0.4, -0.2) is 17.0 Å². The van der Waals surface area contributed by atoms with Crippen LogP contribution in [0.2, 0.25) is 0 Å². The number of ether oxygens (including phenoxy) is 2. The van der Waals surface area contributed by atoms with Crippen LogP contribution in [0.4, 0.5) is 0 Å². The lowest BCUT2D eigenvalue weighted by atomic mass is 9.53. The van der Waals surface area contributed by atoms with Gasteiger partial charge in [0.25, 0.3) is 0 Å². The van der Waals surface area contributed by atoms with Crippen LogP contribution in [0.15, 0.2) is 0 Å². The second-order valence-corrected chi connectivity index (χ2v) is 7.01. The second kappa shape index (κ2) is 7.21. The van der Waals surface area contributed by atoms with Gasteiger partial charge in [-0.15, -0.1) is 0 Å². The Morgan fingerprint density at radius 3 is 0.955 bits per heavy atom. The first-order chi connectivity index (χ1) is 10.4. The molecule has 1 aliphatic rings. The lowest BCUT2D eigenvalue weighted by molar-refractivity contribution is -0.437. The molecule has 1 rings (SSSR count). The smallest absolute Gasteiger partial charge is 0.169 e. The van der Waals surface area contributed by atoms with Crippen LogP contribution < -0.4 is 0 Å². The van der Waals surface area contributed by atoms with Crippen LogP contribution in [0.5, 0.6) is 0 Å². The molecule has 132 valence electrons. The molecule has 0 unspecified atom stereocenters. The minimum absolute atomic E-state index is 0.0766. The van der Waals surface area contributed by atoms with Gasteiger partial charge in [0.2, 0.25) is 0 Å². The van der Waals surface area contributed by atoms with Crippen molar-refractivity contribution in [2.75, 3.05) is 0 Å². The molecule has 22 heavy (non-hydrogen) atoms. The Morgan fingerprint density at radius 2 is 0.773 bits per heavy atom. The van der Waals surface area contributed by atoms with E-state index in [0.29, 0.717) is 0 Å². The first-order valence-electron chi connectivity index (χ1n) is 9.80. The lowest BCUT2D eigenvalue weighted by Crippen LogP contribution is -2.72. The zero-order valence-electron chi connectivity index (χ0n) is 16.5. The van der Waals surface area contributed by atoms with Gasteiger partial charge in [-0.3, -0.25) is 0 Å². The van der Waals surface area contributed by atoms with Crippen molar-refractivity contribution in [1.82, 2.24) is 0 Å². The summed E-state index contributed by atoms with van der Waals surface area (Å²) >= 11 is 0. The van der Waals surface area contributed by atoms with Crippen molar-refractivity contribution in [1.29, 1.82) is 0 Å². The van der Waals surface area contributed by atoms with Crippen molar-refractivity contribution >= 4 is 0 Å². The van der Waals surface area contributed by atoms with E-state index in [1.54, 1.807) is 0 Å². The third-order valence-electron chi connectivity index (χ3n) is 7.08. The largest absolute Gasteiger partial charge is 0.343 e. The highest BCUT2D eigenvalue weighted by Crippen LogP contribution is 2.62. The molecule has 0 bridgehead atoms. The zero-order chi connectivity index (χ0) is 17.1. The average molecular weight is 313 g/mol. The fourth-order valence-electron chi connectivity index (χ4n) is 5.56. The van der Waals surface area contributed by atoms with Crippen molar-refractivity contribution in [3.8, 4) is 0 Å². The van der Waals surface area contributed by atoms with Gasteiger partial charge >= 0.3 is 0 Å². The highest BCUT2D eigenvalue weighted by molar-refractivity contribution is 5.13. The number of rotatable bonds is 8. The molecular weight excluding hydrogens is 272 g/mol. The average Bonchev–Trinajstić information content (AvgIpc) is 2.60. The summed E-state index contributed by atoms with van der Waals surface area (Å²) in [5.74, 6) is -0.411. The van der Waals surface area contributed by atoms with Gasteiger partial charge in [-0.05, 0) is 51.4 Å². The third kappa shape index (κ3) is 2.45. The van der Waals surface area contributed by atoms with Gasteiger partial charge in [-0.2, -0.15) is 0 Å². The minimum Gasteiger partial charge on any atom is -0.343 e. The quantitative estimate of drug-likeness (QED) is 0.511. The molecule has 0 N–H and O–H groups in total. The maximum atomic E-state index is 6.89. The predicted octanol–water partition coefficient (Wildman–Crippen LogP) is 6.47. The molecule has 1 fully saturated rings. The molecule has 0 aromatic carbocycles. The molecule has 2 nitrogen and oxygen atoms in total. The van der Waals surface area contributed by atoms with Gasteiger partial charge < -0.3 is 9.47 Å². The Labute approximate surface area is 139 Å². The van der Waals surface area contributed by atoms with Gasteiger partial charge in [0, 0.05) is 5.41 Å². The fourth-order valence-corrected chi connectivity index (χ4v) is 5.56. The van der Waals surface area contributed by atoms with Gasteiger partial charge in [0.05, 0.1) is 11.2 Å². The van der Waals surface area contributed by atoms with Crippen molar-refractivity contribution in [2.45, 2.75) is 124 Å². The Bertz CT molecular complexity index is 306. The Morgan fingerprint density at radius 1 is 0.455 bits per heavy atom. The topological polar surface area (TPSA) is 18.5 Å². The molecule has 1 saturated heterocycles. The summed E-state index contributed by atoms with van der Waals surface area (Å²) in [6.07, 6.45) is 8.37. The molecule has 0 amide bonds. The molecular formula is C20H40O2. The van der Waals surface area contributed by atoms with Crippen LogP contribution in [0.25, 0.3) is 0 Å². The Balaban J connectivity index is 3.63. The van der Waals surface area contributed by atoms with Crippen molar-refractivity contribution in [3.05, 3.63) is 0 Å². The minimum atomic E-state index is -0.411. The monoisotopic (exact) mass is 312 g/mol. The highest BCUT2D eigenvalue weighted by Gasteiger charge is 2.66. The van der Waals surface area contributed by atoms with E-state index in [-0.39, 0.29) is 16.6 Å². The van der Waals surface area contributed by atoms with E-state index in [0.717, 1.165) is 51.4 Å². The molecule has 0 aromatic rings. The summed E-state index contributed by atoms with van der Waals surface area (Å²) in [5, 5.41) is 0. The van der Waals surface area contributed by atoms with Crippen molar-refractivity contribution < 1.29 is 9.47 Å². The first-order valence-corrected chi connectivity index (χ1v) is 9.80.